The van der Waals surface area contributed by atoms with Crippen LogP contribution in [0.25, 0.3) is 10.8 Å². The summed E-state index contributed by atoms with van der Waals surface area (Å²) in [5.41, 5.74) is 1.22. The van der Waals surface area contributed by atoms with Gasteiger partial charge in [0.05, 0.1) is 0 Å². The second-order valence-electron chi connectivity index (χ2n) is 3.27. The molecule has 2 aromatic carbocycles. The van der Waals surface area contributed by atoms with E-state index in [1.807, 2.05) is 31.2 Å². The van der Waals surface area contributed by atoms with Crippen molar-refractivity contribution in [1.82, 2.24) is 0 Å². The third-order valence-corrected chi connectivity index (χ3v) is 2.19. The fraction of sp³-hybridized carbons (Fsp3) is 0.167. The maximum Gasteiger partial charge on any atom is 0.228 e. The van der Waals surface area contributed by atoms with Crippen LogP contribution in [0.1, 0.15) is 5.56 Å². The molecule has 0 N–H and O–H groups in total. The van der Waals surface area contributed by atoms with Crippen LogP contribution in [-0.4, -0.2) is 6.86 Å². The second kappa shape index (κ2) is 3.66. The molecule has 0 saturated heterocycles. The molecule has 2 rings (SSSR count). The lowest BCUT2D eigenvalue weighted by Gasteiger charge is -2.03. The van der Waals surface area contributed by atoms with E-state index in [1.165, 1.54) is 5.56 Å². The van der Waals surface area contributed by atoms with Crippen LogP contribution in [0.15, 0.2) is 36.4 Å². The molecular weight excluding hydrogens is 179 g/mol. The van der Waals surface area contributed by atoms with Gasteiger partial charge in [-0.2, -0.15) is 0 Å². The minimum absolute atomic E-state index is 0.573. The Kier molecular flexibility index (Phi) is 2.35. The number of aryl methyl sites for hydroxylation is 1. The molecule has 0 atom stereocenters. The number of fused-ring (bicyclic) bond motifs is 1. The highest BCUT2D eigenvalue weighted by atomic mass is 19.1. The van der Waals surface area contributed by atoms with Crippen molar-refractivity contribution in [2.24, 2.45) is 0 Å². The maximum absolute atomic E-state index is 11.9. The zero-order valence-electron chi connectivity index (χ0n) is 7.96. The Balaban J connectivity index is 2.50. The van der Waals surface area contributed by atoms with E-state index in [0.29, 0.717) is 5.75 Å². The number of benzene rings is 2. The summed E-state index contributed by atoms with van der Waals surface area (Å²) in [5.74, 6) is 0.573. The Morgan fingerprint density at radius 2 is 1.79 bits per heavy atom. The van der Waals surface area contributed by atoms with Crippen LogP contribution in [0, 0.1) is 6.92 Å². The molecule has 0 bridgehead atoms. The molecule has 0 heterocycles. The van der Waals surface area contributed by atoms with Gasteiger partial charge in [0, 0.05) is 0 Å². The summed E-state index contributed by atoms with van der Waals surface area (Å²) < 4.78 is 16.7. The van der Waals surface area contributed by atoms with Gasteiger partial charge in [0.2, 0.25) is 6.86 Å². The first-order valence-corrected chi connectivity index (χ1v) is 4.49. The van der Waals surface area contributed by atoms with Crippen molar-refractivity contribution >= 4 is 10.8 Å². The highest BCUT2D eigenvalue weighted by Crippen LogP contribution is 2.21. The predicted molar refractivity (Wildman–Crippen MR) is 55.3 cm³/mol. The van der Waals surface area contributed by atoms with Crippen molar-refractivity contribution in [2.75, 3.05) is 6.86 Å². The van der Waals surface area contributed by atoms with E-state index in [4.69, 9.17) is 4.74 Å². The predicted octanol–water partition coefficient (Wildman–Crippen LogP) is 3.45. The van der Waals surface area contributed by atoms with Crippen LogP contribution in [0.5, 0.6) is 5.75 Å². The monoisotopic (exact) mass is 190 g/mol. The van der Waals surface area contributed by atoms with Crippen LogP contribution < -0.4 is 4.74 Å². The first-order valence-electron chi connectivity index (χ1n) is 4.49. The van der Waals surface area contributed by atoms with Crippen LogP contribution in [-0.2, 0) is 0 Å². The molecule has 0 aliphatic heterocycles. The summed E-state index contributed by atoms with van der Waals surface area (Å²) in [4.78, 5) is 0. The first kappa shape index (κ1) is 9.00. The van der Waals surface area contributed by atoms with Gasteiger partial charge in [-0.1, -0.05) is 29.8 Å². The Labute approximate surface area is 82.1 Å². The summed E-state index contributed by atoms with van der Waals surface area (Å²) in [5, 5.41) is 2.22. The third kappa shape index (κ3) is 1.69. The number of ether oxygens (including phenoxy) is 1. The number of hydrogen-bond acceptors (Lipinski definition) is 1. The average molecular weight is 190 g/mol. The van der Waals surface area contributed by atoms with Crippen LogP contribution in [0.2, 0.25) is 0 Å². The average Bonchev–Trinajstić information content (AvgIpc) is 2.19. The molecule has 0 amide bonds. The van der Waals surface area contributed by atoms with Gasteiger partial charge in [-0.05, 0) is 29.8 Å². The Morgan fingerprint density at radius 1 is 1.07 bits per heavy atom. The molecule has 0 aliphatic rings. The highest BCUT2D eigenvalue weighted by molar-refractivity contribution is 5.84. The molecule has 0 fully saturated rings. The minimum Gasteiger partial charge on any atom is -0.463 e. The van der Waals surface area contributed by atoms with E-state index in [1.54, 1.807) is 6.07 Å². The molecule has 0 spiro atoms. The molecule has 0 saturated carbocycles. The smallest absolute Gasteiger partial charge is 0.228 e. The molecule has 0 radical (unpaired) electrons. The van der Waals surface area contributed by atoms with Gasteiger partial charge < -0.3 is 4.74 Å². The maximum atomic E-state index is 11.9. The lowest BCUT2D eigenvalue weighted by molar-refractivity contribution is 0.192. The number of rotatable bonds is 2. The Morgan fingerprint density at radius 3 is 2.57 bits per heavy atom. The van der Waals surface area contributed by atoms with Crippen LogP contribution >= 0.6 is 0 Å². The molecule has 0 aliphatic carbocycles. The molecule has 14 heavy (non-hydrogen) atoms. The zero-order chi connectivity index (χ0) is 9.97. The van der Waals surface area contributed by atoms with Crippen molar-refractivity contribution in [3.8, 4) is 5.75 Å². The number of alkyl halides is 1. The van der Waals surface area contributed by atoms with Gasteiger partial charge in [0.25, 0.3) is 0 Å². The Bertz CT molecular complexity index is 451. The van der Waals surface area contributed by atoms with Gasteiger partial charge >= 0.3 is 0 Å². The molecular formula is C12H11FO. The summed E-state index contributed by atoms with van der Waals surface area (Å²) >= 11 is 0. The highest BCUT2D eigenvalue weighted by Gasteiger charge is 1.97. The van der Waals surface area contributed by atoms with E-state index in [2.05, 4.69) is 6.07 Å². The standard InChI is InChI=1S/C12H11FO/c1-9-2-3-11-7-12(14-8-13)5-4-10(11)6-9/h2-7H,8H2,1H3. The molecule has 72 valence electrons. The van der Waals surface area contributed by atoms with Crippen molar-refractivity contribution in [3.63, 3.8) is 0 Å². The van der Waals surface area contributed by atoms with Gasteiger partial charge in [-0.15, -0.1) is 0 Å². The molecule has 0 unspecified atom stereocenters. The van der Waals surface area contributed by atoms with Gasteiger partial charge in [-0.3, -0.25) is 0 Å². The van der Waals surface area contributed by atoms with Crippen molar-refractivity contribution < 1.29 is 9.13 Å². The van der Waals surface area contributed by atoms with E-state index < -0.39 is 6.86 Å². The van der Waals surface area contributed by atoms with E-state index in [9.17, 15) is 4.39 Å². The third-order valence-electron chi connectivity index (χ3n) is 2.19. The molecule has 0 aromatic heterocycles. The first-order chi connectivity index (χ1) is 6.79. The van der Waals surface area contributed by atoms with Crippen molar-refractivity contribution in [2.45, 2.75) is 6.92 Å². The van der Waals surface area contributed by atoms with Gasteiger partial charge in [0.15, 0.2) is 0 Å². The van der Waals surface area contributed by atoms with E-state index >= 15 is 0 Å². The molecule has 2 heteroatoms. The Hall–Kier alpha value is -1.57. The van der Waals surface area contributed by atoms with E-state index in [0.717, 1.165) is 10.8 Å². The fourth-order valence-electron chi connectivity index (χ4n) is 1.50. The minimum atomic E-state index is -0.780. The van der Waals surface area contributed by atoms with Crippen molar-refractivity contribution in [1.29, 1.82) is 0 Å². The van der Waals surface area contributed by atoms with Crippen LogP contribution in [0.3, 0.4) is 0 Å². The lowest BCUT2D eigenvalue weighted by atomic mass is 10.1. The SMILES string of the molecule is Cc1ccc2cc(OCF)ccc2c1. The fourth-order valence-corrected chi connectivity index (χ4v) is 1.50. The summed E-state index contributed by atoms with van der Waals surface area (Å²) in [7, 11) is 0. The van der Waals surface area contributed by atoms with E-state index in [-0.39, 0.29) is 0 Å². The van der Waals surface area contributed by atoms with Gasteiger partial charge in [-0.25, -0.2) is 4.39 Å². The van der Waals surface area contributed by atoms with Crippen molar-refractivity contribution in [3.05, 3.63) is 42.0 Å². The molecule has 1 nitrogen and oxygen atoms in total. The molecule has 2 aromatic rings. The topological polar surface area (TPSA) is 9.23 Å². The number of halogens is 1. The normalized spacial score (nSPS) is 10.4. The summed E-state index contributed by atoms with van der Waals surface area (Å²) in [6.45, 7) is 1.27. The quantitative estimate of drug-likeness (QED) is 0.704. The lowest BCUT2D eigenvalue weighted by Crippen LogP contribution is -1.89. The van der Waals surface area contributed by atoms with Gasteiger partial charge in [0.1, 0.15) is 5.75 Å². The summed E-state index contributed by atoms with van der Waals surface area (Å²) in [6, 6.07) is 11.7. The van der Waals surface area contributed by atoms with Crippen LogP contribution in [0.4, 0.5) is 4.39 Å². The largest absolute Gasteiger partial charge is 0.463 e. The zero-order valence-corrected chi connectivity index (χ0v) is 7.96. The number of hydrogen-bond donors (Lipinski definition) is 0. The summed E-state index contributed by atoms with van der Waals surface area (Å²) in [6.07, 6.45) is 0. The second-order valence-corrected chi connectivity index (χ2v) is 3.27.